The number of nitriles is 1. The van der Waals surface area contributed by atoms with Gasteiger partial charge in [-0.15, -0.1) is 0 Å². The van der Waals surface area contributed by atoms with Gasteiger partial charge >= 0.3 is 0 Å². The third-order valence-electron chi connectivity index (χ3n) is 2.24. The molecule has 0 bridgehead atoms. The minimum absolute atomic E-state index is 0.0162. The normalized spacial score (nSPS) is 10.1. The first kappa shape index (κ1) is 17.1. The average molecular weight is 413 g/mol. The lowest BCUT2D eigenvalue weighted by molar-refractivity contribution is 0.320. The summed E-state index contributed by atoms with van der Waals surface area (Å²) >= 11 is 6.51. The number of aromatic nitrogens is 1. The molecule has 0 aliphatic heterocycles. The molecule has 5 nitrogen and oxygen atoms in total. The summed E-state index contributed by atoms with van der Waals surface area (Å²) in [5.41, 5.74) is 0.616. The second kappa shape index (κ2) is 9.10. The van der Waals surface area contributed by atoms with Crippen molar-refractivity contribution in [1.29, 1.82) is 5.26 Å². The van der Waals surface area contributed by atoms with E-state index >= 15 is 0 Å². The highest BCUT2D eigenvalue weighted by Gasteiger charge is 2.00. The van der Waals surface area contributed by atoms with Gasteiger partial charge in [-0.3, -0.25) is 4.98 Å². The Kier molecular flexibility index (Phi) is 7.43. The Morgan fingerprint density at radius 3 is 2.33 bits per heavy atom. The van der Waals surface area contributed by atoms with Crippen molar-refractivity contribution in [1.82, 2.24) is 4.98 Å². The predicted octanol–water partition coefficient (Wildman–Crippen LogP) is 4.00. The summed E-state index contributed by atoms with van der Waals surface area (Å²) in [6.07, 6.45) is 3.37. The fourth-order valence-electron chi connectivity index (χ4n) is 1.26. The van der Waals surface area contributed by atoms with Gasteiger partial charge in [0.15, 0.2) is 5.71 Å². The van der Waals surface area contributed by atoms with Crippen LogP contribution in [-0.2, 0) is 0 Å². The molecule has 21 heavy (non-hydrogen) atoms. The molecule has 2 rings (SSSR count). The van der Waals surface area contributed by atoms with Crippen LogP contribution < -0.4 is 4.74 Å². The zero-order valence-corrected chi connectivity index (χ0v) is 14.2. The largest absolute Gasteiger partial charge is 0.495 e. The van der Waals surface area contributed by atoms with E-state index in [4.69, 9.17) is 15.2 Å². The second-order valence-corrected chi connectivity index (χ2v) is 5.44. The van der Waals surface area contributed by atoms with Crippen LogP contribution in [0, 0.1) is 11.3 Å². The van der Waals surface area contributed by atoms with Gasteiger partial charge in [0.2, 0.25) is 0 Å². The molecule has 0 unspecified atom stereocenters. The number of nitrogens with zero attached hydrogens (tertiary/aromatic N) is 3. The molecule has 0 saturated heterocycles. The summed E-state index contributed by atoms with van der Waals surface area (Å²) in [5.74, 6) is 0.768. The quantitative estimate of drug-likeness (QED) is 0.459. The molecule has 0 aliphatic rings. The smallest absolute Gasteiger partial charge is 0.186 e. The summed E-state index contributed by atoms with van der Waals surface area (Å²) < 4.78 is 6.75. The van der Waals surface area contributed by atoms with Gasteiger partial charge in [-0.2, -0.15) is 5.26 Å². The van der Waals surface area contributed by atoms with E-state index in [9.17, 15) is 0 Å². The highest BCUT2D eigenvalue weighted by molar-refractivity contribution is 9.10. The highest BCUT2D eigenvalue weighted by Crippen LogP contribution is 2.14. The SMILES string of the molecule is COc1cncc(Br)c1.N#C/C(=N\O)c1ccc(Br)cc1. The van der Waals surface area contributed by atoms with Crippen LogP contribution in [0.4, 0.5) is 0 Å². The summed E-state index contributed by atoms with van der Waals surface area (Å²) in [4.78, 5) is 3.88. The molecule has 0 amide bonds. The van der Waals surface area contributed by atoms with Gasteiger partial charge in [0.05, 0.1) is 13.3 Å². The number of benzene rings is 1. The lowest BCUT2D eigenvalue weighted by atomic mass is 10.1. The molecule has 0 radical (unpaired) electrons. The lowest BCUT2D eigenvalue weighted by Gasteiger charge is -1.96. The Hall–Kier alpha value is -1.91. The maximum Gasteiger partial charge on any atom is 0.186 e. The van der Waals surface area contributed by atoms with E-state index in [0.717, 1.165) is 14.7 Å². The first-order valence-electron chi connectivity index (χ1n) is 5.63. The number of ether oxygens (including phenoxy) is 1. The zero-order valence-electron chi connectivity index (χ0n) is 11.0. The van der Waals surface area contributed by atoms with Gasteiger partial charge in [0.1, 0.15) is 11.8 Å². The standard InChI is InChI=1S/C8H5BrN2O.C6H6BrNO/c9-7-3-1-6(2-4-7)8(5-10)11-12;1-9-6-2-5(7)3-8-4-6/h1-4,12H;2-4H,1H3/b11-8+;. The molecule has 1 aromatic carbocycles. The second-order valence-electron chi connectivity index (χ2n) is 3.61. The molecule has 1 N–H and O–H groups in total. The molecule has 108 valence electrons. The number of methoxy groups -OCH3 is 1. The predicted molar refractivity (Wildman–Crippen MR) is 86.6 cm³/mol. The van der Waals surface area contributed by atoms with Crippen molar-refractivity contribution >= 4 is 37.6 Å². The summed E-state index contributed by atoms with van der Waals surface area (Å²) in [5, 5.41) is 19.7. The van der Waals surface area contributed by atoms with E-state index < -0.39 is 0 Å². The molecule has 7 heteroatoms. The van der Waals surface area contributed by atoms with Crippen molar-refractivity contribution in [2.24, 2.45) is 5.16 Å². The first-order valence-corrected chi connectivity index (χ1v) is 7.22. The van der Waals surface area contributed by atoms with E-state index in [1.165, 1.54) is 0 Å². The van der Waals surface area contributed by atoms with Gasteiger partial charge in [-0.05, 0) is 34.1 Å². The number of pyridine rings is 1. The Labute approximate surface area is 139 Å². The minimum atomic E-state index is 0.0162. The zero-order chi connectivity index (χ0) is 15.7. The topological polar surface area (TPSA) is 78.5 Å². The summed E-state index contributed by atoms with van der Waals surface area (Å²) in [6, 6.07) is 10.6. The number of hydrogen-bond donors (Lipinski definition) is 1. The summed E-state index contributed by atoms with van der Waals surface area (Å²) in [7, 11) is 1.61. The fraction of sp³-hybridized carbons (Fsp3) is 0.0714. The highest BCUT2D eigenvalue weighted by atomic mass is 79.9. The third kappa shape index (κ3) is 5.94. The van der Waals surface area contributed by atoms with Gasteiger partial charge in [0.25, 0.3) is 0 Å². The number of halogens is 2. The van der Waals surface area contributed by atoms with Gasteiger partial charge in [-0.1, -0.05) is 33.2 Å². The molecule has 2 aromatic rings. The van der Waals surface area contributed by atoms with E-state index in [1.807, 2.05) is 6.07 Å². The van der Waals surface area contributed by atoms with E-state index in [0.29, 0.717) is 5.56 Å². The van der Waals surface area contributed by atoms with E-state index in [1.54, 1.807) is 49.8 Å². The third-order valence-corrected chi connectivity index (χ3v) is 3.20. The minimum Gasteiger partial charge on any atom is -0.495 e. The number of rotatable bonds is 2. The van der Waals surface area contributed by atoms with Crippen molar-refractivity contribution in [2.45, 2.75) is 0 Å². The fourth-order valence-corrected chi connectivity index (χ4v) is 1.86. The van der Waals surface area contributed by atoms with Crippen LogP contribution in [-0.4, -0.2) is 23.0 Å². The Morgan fingerprint density at radius 1 is 1.24 bits per heavy atom. The monoisotopic (exact) mass is 411 g/mol. The van der Waals surface area contributed by atoms with Gasteiger partial charge in [0, 0.05) is 20.7 Å². The van der Waals surface area contributed by atoms with Gasteiger partial charge in [-0.25, -0.2) is 0 Å². The molecular weight excluding hydrogens is 402 g/mol. The van der Waals surface area contributed by atoms with Crippen LogP contribution in [0.1, 0.15) is 5.56 Å². The molecular formula is C14H11Br2N3O2. The molecule has 1 heterocycles. The van der Waals surface area contributed by atoms with Crippen molar-refractivity contribution < 1.29 is 9.94 Å². The Morgan fingerprint density at radius 2 is 1.90 bits per heavy atom. The van der Waals surface area contributed by atoms with Crippen LogP contribution in [0.2, 0.25) is 0 Å². The van der Waals surface area contributed by atoms with Crippen LogP contribution in [0.3, 0.4) is 0 Å². The molecule has 0 aliphatic carbocycles. The van der Waals surface area contributed by atoms with E-state index in [2.05, 4.69) is 42.0 Å². The van der Waals surface area contributed by atoms with Crippen molar-refractivity contribution in [3.8, 4) is 11.8 Å². The van der Waals surface area contributed by atoms with Crippen LogP contribution in [0.25, 0.3) is 0 Å². The first-order chi connectivity index (χ1) is 10.1. The molecule has 0 spiro atoms. The maximum atomic E-state index is 8.50. The molecule has 0 saturated carbocycles. The van der Waals surface area contributed by atoms with Crippen LogP contribution in [0.15, 0.2) is 56.8 Å². The number of hydrogen-bond acceptors (Lipinski definition) is 5. The Balaban J connectivity index is 0.000000219. The summed E-state index contributed by atoms with van der Waals surface area (Å²) in [6.45, 7) is 0. The molecule has 1 aromatic heterocycles. The lowest BCUT2D eigenvalue weighted by Crippen LogP contribution is -1.95. The van der Waals surface area contributed by atoms with Crippen molar-refractivity contribution in [3.63, 3.8) is 0 Å². The van der Waals surface area contributed by atoms with Crippen LogP contribution >= 0.6 is 31.9 Å². The van der Waals surface area contributed by atoms with Gasteiger partial charge < -0.3 is 9.94 Å². The van der Waals surface area contributed by atoms with Crippen molar-refractivity contribution in [3.05, 3.63) is 57.2 Å². The van der Waals surface area contributed by atoms with E-state index in [-0.39, 0.29) is 5.71 Å². The van der Waals surface area contributed by atoms with Crippen molar-refractivity contribution in [2.75, 3.05) is 7.11 Å². The number of oxime groups is 1. The van der Waals surface area contributed by atoms with Crippen LogP contribution in [0.5, 0.6) is 5.75 Å². The molecule has 0 fully saturated rings. The maximum absolute atomic E-state index is 8.50. The average Bonchev–Trinajstić information content (AvgIpc) is 2.51. The Bertz CT molecular complexity index is 652. The molecule has 0 atom stereocenters.